The molecule has 2 aromatic carbocycles. The van der Waals surface area contributed by atoms with Gasteiger partial charge in [0.2, 0.25) is 0 Å². The van der Waals surface area contributed by atoms with Gasteiger partial charge in [-0.15, -0.1) is 0 Å². The molecule has 0 aromatic heterocycles. The number of carbonyl (C=O) groups excluding carboxylic acids is 1. The first-order valence-corrected chi connectivity index (χ1v) is 9.53. The summed E-state index contributed by atoms with van der Waals surface area (Å²) in [7, 11) is 0. The topological polar surface area (TPSA) is 76.0 Å². The van der Waals surface area contributed by atoms with Crippen LogP contribution in [-0.2, 0) is 14.3 Å². The van der Waals surface area contributed by atoms with Crippen LogP contribution < -0.4 is 0 Å². The lowest BCUT2D eigenvalue weighted by Gasteiger charge is -2.25. The molecular weight excluding hydrogens is 413 g/mol. The Morgan fingerprint density at radius 1 is 1.10 bits per heavy atom. The highest BCUT2D eigenvalue weighted by molar-refractivity contribution is 6.42. The zero-order valence-electron chi connectivity index (χ0n) is 15.2. The van der Waals surface area contributed by atoms with Crippen molar-refractivity contribution in [3.8, 4) is 0 Å². The van der Waals surface area contributed by atoms with Crippen LogP contribution in [0.25, 0.3) is 6.08 Å². The summed E-state index contributed by atoms with van der Waals surface area (Å²) in [6.07, 6.45) is 6.16. The molecule has 0 saturated heterocycles. The van der Waals surface area contributed by atoms with Gasteiger partial charge in [0.1, 0.15) is 12.5 Å². The van der Waals surface area contributed by atoms with Gasteiger partial charge in [-0.1, -0.05) is 65.7 Å². The van der Waals surface area contributed by atoms with E-state index in [1.54, 1.807) is 24.3 Å². The van der Waals surface area contributed by atoms with E-state index in [2.05, 4.69) is 4.99 Å². The molecule has 7 heteroatoms. The van der Waals surface area contributed by atoms with Gasteiger partial charge in [-0.3, -0.25) is 9.79 Å². The number of aliphatic carboxylic acids is 1. The minimum absolute atomic E-state index is 0.0423. The van der Waals surface area contributed by atoms with Crippen LogP contribution in [0.15, 0.2) is 71.4 Å². The van der Waals surface area contributed by atoms with Gasteiger partial charge in [-0.2, -0.15) is 0 Å². The third-order valence-electron chi connectivity index (χ3n) is 4.40. The SMILES string of the molecule is O=C(OC/C=C/c1ccccc1)C1=CN=CC(C(=O)O)C1c1ccc(Cl)c(Cl)c1. The summed E-state index contributed by atoms with van der Waals surface area (Å²) < 4.78 is 5.32. The number of nitrogens with zero attached hydrogens (tertiary/aromatic N) is 1. The van der Waals surface area contributed by atoms with E-state index in [1.165, 1.54) is 12.4 Å². The number of carbonyl (C=O) groups is 2. The molecule has 0 radical (unpaired) electrons. The zero-order chi connectivity index (χ0) is 20.8. The number of esters is 1. The van der Waals surface area contributed by atoms with Crippen LogP contribution in [0.2, 0.25) is 10.0 Å². The highest BCUT2D eigenvalue weighted by Crippen LogP contribution is 2.37. The molecule has 5 nitrogen and oxygen atoms in total. The van der Waals surface area contributed by atoms with Crippen molar-refractivity contribution >= 4 is 47.4 Å². The van der Waals surface area contributed by atoms with E-state index in [9.17, 15) is 14.7 Å². The standard InChI is InChI=1S/C22H17Cl2NO4/c23-18-9-8-15(11-19(18)24)20-16(21(26)27)12-25-13-17(20)22(28)29-10-4-7-14-5-2-1-3-6-14/h1-9,11-13,16,20H,10H2,(H,26,27)/b7-4+. The average Bonchev–Trinajstić information content (AvgIpc) is 2.73. The van der Waals surface area contributed by atoms with Crippen molar-refractivity contribution in [2.24, 2.45) is 10.9 Å². The molecule has 0 saturated carbocycles. The molecule has 0 spiro atoms. The fourth-order valence-corrected chi connectivity index (χ4v) is 3.32. The Morgan fingerprint density at radius 2 is 1.86 bits per heavy atom. The molecule has 0 bridgehead atoms. The summed E-state index contributed by atoms with van der Waals surface area (Å²) in [5.41, 5.74) is 1.66. The number of hydrogen-bond acceptors (Lipinski definition) is 4. The summed E-state index contributed by atoms with van der Waals surface area (Å²) in [6.45, 7) is 0.0423. The van der Waals surface area contributed by atoms with Crippen LogP contribution >= 0.6 is 23.2 Å². The van der Waals surface area contributed by atoms with E-state index in [4.69, 9.17) is 27.9 Å². The Labute approximate surface area is 177 Å². The van der Waals surface area contributed by atoms with Gasteiger partial charge in [-0.25, -0.2) is 4.79 Å². The molecule has 2 aromatic rings. The van der Waals surface area contributed by atoms with Crippen LogP contribution in [0.5, 0.6) is 0 Å². The first kappa shape index (κ1) is 20.8. The number of ether oxygens (including phenoxy) is 1. The largest absolute Gasteiger partial charge is 0.481 e. The van der Waals surface area contributed by atoms with Crippen molar-refractivity contribution in [3.63, 3.8) is 0 Å². The first-order valence-electron chi connectivity index (χ1n) is 8.77. The Morgan fingerprint density at radius 3 is 2.55 bits per heavy atom. The average molecular weight is 430 g/mol. The number of carboxylic acid groups (broad SMARTS) is 1. The van der Waals surface area contributed by atoms with E-state index >= 15 is 0 Å². The van der Waals surface area contributed by atoms with Crippen molar-refractivity contribution in [2.45, 2.75) is 5.92 Å². The van der Waals surface area contributed by atoms with Crippen LogP contribution in [0.1, 0.15) is 17.0 Å². The molecule has 2 unspecified atom stereocenters. The molecule has 1 heterocycles. The fourth-order valence-electron chi connectivity index (χ4n) is 3.01. The molecule has 2 atom stereocenters. The van der Waals surface area contributed by atoms with Crippen LogP contribution in [0.3, 0.4) is 0 Å². The number of halogens is 2. The van der Waals surface area contributed by atoms with Gasteiger partial charge < -0.3 is 9.84 Å². The fraction of sp³-hybridized carbons (Fsp3) is 0.136. The number of aliphatic imine (C=N–C) groups is 1. The molecule has 0 fully saturated rings. The molecule has 29 heavy (non-hydrogen) atoms. The van der Waals surface area contributed by atoms with Crippen molar-refractivity contribution in [3.05, 3.63) is 87.6 Å². The molecular formula is C22H17Cl2NO4. The third-order valence-corrected chi connectivity index (χ3v) is 5.14. The van der Waals surface area contributed by atoms with Crippen molar-refractivity contribution < 1.29 is 19.4 Å². The quantitative estimate of drug-likeness (QED) is 0.655. The van der Waals surface area contributed by atoms with Crippen molar-refractivity contribution in [2.75, 3.05) is 6.61 Å². The zero-order valence-corrected chi connectivity index (χ0v) is 16.7. The highest BCUT2D eigenvalue weighted by Gasteiger charge is 2.37. The Hall–Kier alpha value is -2.89. The van der Waals surface area contributed by atoms with E-state index < -0.39 is 23.8 Å². The molecule has 3 rings (SSSR count). The lowest BCUT2D eigenvalue weighted by atomic mass is 9.80. The first-order chi connectivity index (χ1) is 14.0. The van der Waals surface area contributed by atoms with Crippen LogP contribution in [0.4, 0.5) is 0 Å². The smallest absolute Gasteiger partial charge is 0.336 e. The lowest BCUT2D eigenvalue weighted by molar-refractivity contribution is -0.140. The summed E-state index contributed by atoms with van der Waals surface area (Å²) >= 11 is 12.1. The van der Waals surface area contributed by atoms with Gasteiger partial charge in [-0.05, 0) is 29.3 Å². The van der Waals surface area contributed by atoms with E-state index in [1.807, 2.05) is 36.4 Å². The minimum Gasteiger partial charge on any atom is -0.481 e. The number of hydrogen-bond donors (Lipinski definition) is 1. The second kappa shape index (κ2) is 9.54. The summed E-state index contributed by atoms with van der Waals surface area (Å²) in [5, 5.41) is 10.2. The van der Waals surface area contributed by atoms with E-state index in [-0.39, 0.29) is 17.2 Å². The maximum absolute atomic E-state index is 12.7. The maximum atomic E-state index is 12.7. The van der Waals surface area contributed by atoms with Gasteiger partial charge in [0, 0.05) is 18.3 Å². The monoisotopic (exact) mass is 429 g/mol. The Balaban J connectivity index is 1.79. The van der Waals surface area contributed by atoms with E-state index in [0.29, 0.717) is 10.6 Å². The summed E-state index contributed by atoms with van der Waals surface area (Å²) in [5.74, 6) is -3.56. The normalized spacial score (nSPS) is 18.5. The molecule has 1 aliphatic rings. The number of rotatable bonds is 6. The summed E-state index contributed by atoms with van der Waals surface area (Å²) in [4.78, 5) is 28.3. The maximum Gasteiger partial charge on any atom is 0.336 e. The molecule has 0 amide bonds. The summed E-state index contributed by atoms with van der Waals surface area (Å²) in [6, 6.07) is 14.3. The predicted octanol–water partition coefficient (Wildman–Crippen LogP) is 5.00. The van der Waals surface area contributed by atoms with Crippen LogP contribution in [0, 0.1) is 5.92 Å². The van der Waals surface area contributed by atoms with Gasteiger partial charge >= 0.3 is 11.9 Å². The molecule has 1 N–H and O–H groups in total. The van der Waals surface area contributed by atoms with Crippen molar-refractivity contribution in [1.82, 2.24) is 0 Å². The second-order valence-corrected chi connectivity index (χ2v) is 7.12. The minimum atomic E-state index is -1.10. The molecule has 0 aliphatic carbocycles. The Bertz CT molecular complexity index is 999. The second-order valence-electron chi connectivity index (χ2n) is 6.31. The van der Waals surface area contributed by atoms with Crippen molar-refractivity contribution in [1.29, 1.82) is 0 Å². The number of benzene rings is 2. The van der Waals surface area contributed by atoms with Gasteiger partial charge in [0.25, 0.3) is 0 Å². The molecule has 148 valence electrons. The highest BCUT2D eigenvalue weighted by atomic mass is 35.5. The lowest BCUT2D eigenvalue weighted by Crippen LogP contribution is -2.30. The predicted molar refractivity (Wildman–Crippen MR) is 113 cm³/mol. The Kier molecular flexibility index (Phi) is 6.86. The van der Waals surface area contributed by atoms with E-state index in [0.717, 1.165) is 5.56 Å². The molecule has 1 aliphatic heterocycles. The number of carboxylic acids is 1. The van der Waals surface area contributed by atoms with Gasteiger partial charge in [0.15, 0.2) is 0 Å². The van der Waals surface area contributed by atoms with Crippen LogP contribution in [-0.4, -0.2) is 29.9 Å². The third kappa shape index (κ3) is 5.13. The van der Waals surface area contributed by atoms with Gasteiger partial charge in [0.05, 0.1) is 15.6 Å².